The predicted molar refractivity (Wildman–Crippen MR) is 134 cm³/mol. The Labute approximate surface area is 204 Å². The minimum absolute atomic E-state index is 0.0130. The average Bonchev–Trinajstić information content (AvgIpc) is 3.14. The molecule has 1 aliphatic heterocycles. The lowest BCUT2D eigenvalue weighted by atomic mass is 9.94. The number of benzene rings is 3. The molecule has 1 unspecified atom stereocenters. The van der Waals surface area contributed by atoms with Gasteiger partial charge in [0.05, 0.1) is 11.6 Å². The van der Waals surface area contributed by atoms with E-state index in [-0.39, 0.29) is 11.3 Å². The molecule has 3 aromatic carbocycles. The summed E-state index contributed by atoms with van der Waals surface area (Å²) >= 11 is 0. The molecule has 35 heavy (non-hydrogen) atoms. The van der Waals surface area contributed by atoms with Crippen LogP contribution in [0.25, 0.3) is 5.76 Å². The molecule has 1 aliphatic rings. The molecule has 6 nitrogen and oxygen atoms in total. The van der Waals surface area contributed by atoms with Crippen LogP contribution in [-0.2, 0) is 27.2 Å². The second kappa shape index (κ2) is 9.97. The Kier molecular flexibility index (Phi) is 6.82. The predicted octanol–water partition coefficient (Wildman–Crippen LogP) is 5.36. The van der Waals surface area contributed by atoms with Gasteiger partial charge in [-0.1, -0.05) is 62.4 Å². The molecule has 0 spiro atoms. The number of Topliss-reactive ketones (excluding diaryl/α,β-unsaturated/α-hetero) is 1. The molecule has 1 N–H and O–H groups in total. The summed E-state index contributed by atoms with van der Waals surface area (Å²) in [4.78, 5) is 39.3. The second-order valence-corrected chi connectivity index (χ2v) is 8.40. The van der Waals surface area contributed by atoms with Crippen LogP contribution in [0.3, 0.4) is 0 Å². The third-order valence-electron chi connectivity index (χ3n) is 6.16. The standard InChI is InChI=1S/C29H27NO5/c1-4-19-6-10-22(11-7-19)27(32)25-26(21-12-16-24(17-13-21)35-18(3)31)30(29(34)28(25)33)23-14-8-20(5-2)9-15-23/h6-17,26,32H,4-5H2,1-3H3/b27-25+. The van der Waals surface area contributed by atoms with Crippen LogP contribution in [0.4, 0.5) is 5.69 Å². The Morgan fingerprint density at radius 1 is 0.857 bits per heavy atom. The van der Waals surface area contributed by atoms with E-state index < -0.39 is 23.7 Å². The zero-order chi connectivity index (χ0) is 25.1. The van der Waals surface area contributed by atoms with Gasteiger partial charge in [-0.15, -0.1) is 0 Å². The number of anilines is 1. The van der Waals surface area contributed by atoms with E-state index >= 15 is 0 Å². The molecule has 3 aromatic rings. The highest BCUT2D eigenvalue weighted by Gasteiger charge is 2.47. The first kappa shape index (κ1) is 24.0. The molecule has 1 fully saturated rings. The number of amides is 1. The Bertz CT molecular complexity index is 1290. The lowest BCUT2D eigenvalue weighted by molar-refractivity contribution is -0.132. The Morgan fingerprint density at radius 2 is 1.40 bits per heavy atom. The molecule has 1 amide bonds. The lowest BCUT2D eigenvalue weighted by Gasteiger charge is -2.25. The van der Waals surface area contributed by atoms with Crippen molar-refractivity contribution in [2.45, 2.75) is 39.7 Å². The van der Waals surface area contributed by atoms with E-state index in [0.29, 0.717) is 22.6 Å². The summed E-state index contributed by atoms with van der Waals surface area (Å²) in [6, 6.07) is 20.5. The van der Waals surface area contributed by atoms with Crippen LogP contribution in [0.15, 0.2) is 78.4 Å². The molecule has 1 atom stereocenters. The third kappa shape index (κ3) is 4.73. The topological polar surface area (TPSA) is 83.9 Å². The molecule has 0 bridgehead atoms. The quantitative estimate of drug-likeness (QED) is 0.173. The average molecular weight is 470 g/mol. The number of aliphatic hydroxyl groups is 1. The van der Waals surface area contributed by atoms with Crippen LogP contribution in [0.1, 0.15) is 49.1 Å². The molecule has 1 heterocycles. The number of carbonyl (C=O) groups excluding carboxylic acids is 3. The molecule has 0 saturated carbocycles. The van der Waals surface area contributed by atoms with Crippen molar-refractivity contribution in [3.05, 3.63) is 101 Å². The van der Waals surface area contributed by atoms with E-state index in [1.54, 1.807) is 48.5 Å². The first-order valence-corrected chi connectivity index (χ1v) is 11.6. The number of aryl methyl sites for hydroxylation is 2. The Hall–Kier alpha value is -4.19. The summed E-state index contributed by atoms with van der Waals surface area (Å²) in [6.07, 6.45) is 1.68. The summed E-state index contributed by atoms with van der Waals surface area (Å²) in [5.74, 6) is -1.80. The van der Waals surface area contributed by atoms with Crippen LogP contribution in [0.2, 0.25) is 0 Å². The minimum atomic E-state index is -0.847. The van der Waals surface area contributed by atoms with Crippen LogP contribution in [0, 0.1) is 0 Å². The van der Waals surface area contributed by atoms with Gasteiger partial charge >= 0.3 is 5.97 Å². The van der Waals surface area contributed by atoms with Gasteiger partial charge in [-0.25, -0.2) is 0 Å². The van der Waals surface area contributed by atoms with Gasteiger partial charge in [-0.2, -0.15) is 0 Å². The van der Waals surface area contributed by atoms with Crippen LogP contribution in [-0.4, -0.2) is 22.8 Å². The monoisotopic (exact) mass is 469 g/mol. The van der Waals surface area contributed by atoms with Crippen LogP contribution in [0.5, 0.6) is 5.75 Å². The highest BCUT2D eigenvalue weighted by atomic mass is 16.5. The molecule has 1 saturated heterocycles. The second-order valence-electron chi connectivity index (χ2n) is 8.40. The molecular weight excluding hydrogens is 442 g/mol. The van der Waals surface area contributed by atoms with E-state index in [4.69, 9.17) is 4.74 Å². The summed E-state index contributed by atoms with van der Waals surface area (Å²) < 4.78 is 5.13. The highest BCUT2D eigenvalue weighted by molar-refractivity contribution is 6.51. The van der Waals surface area contributed by atoms with Gasteiger partial charge in [0, 0.05) is 18.2 Å². The lowest BCUT2D eigenvalue weighted by Crippen LogP contribution is -2.29. The van der Waals surface area contributed by atoms with Gasteiger partial charge in [0.1, 0.15) is 11.5 Å². The van der Waals surface area contributed by atoms with Crippen molar-refractivity contribution in [3.8, 4) is 5.75 Å². The van der Waals surface area contributed by atoms with E-state index in [2.05, 4.69) is 0 Å². The van der Waals surface area contributed by atoms with Crippen molar-refractivity contribution < 1.29 is 24.2 Å². The first-order chi connectivity index (χ1) is 16.8. The molecule has 178 valence electrons. The van der Waals surface area contributed by atoms with Crippen molar-refractivity contribution in [1.82, 2.24) is 0 Å². The van der Waals surface area contributed by atoms with Gasteiger partial charge < -0.3 is 9.84 Å². The molecular formula is C29H27NO5. The molecule has 4 rings (SSSR count). The summed E-state index contributed by atoms with van der Waals surface area (Å²) in [5, 5.41) is 11.2. The summed E-state index contributed by atoms with van der Waals surface area (Å²) in [7, 11) is 0. The molecule has 0 aromatic heterocycles. The largest absolute Gasteiger partial charge is 0.507 e. The van der Waals surface area contributed by atoms with Gasteiger partial charge in [-0.3, -0.25) is 19.3 Å². The van der Waals surface area contributed by atoms with Gasteiger partial charge in [0.15, 0.2) is 0 Å². The fourth-order valence-corrected chi connectivity index (χ4v) is 4.24. The maximum absolute atomic E-state index is 13.3. The smallest absolute Gasteiger partial charge is 0.308 e. The van der Waals surface area contributed by atoms with Crippen LogP contribution < -0.4 is 9.64 Å². The van der Waals surface area contributed by atoms with Crippen LogP contribution >= 0.6 is 0 Å². The number of rotatable bonds is 6. The number of ether oxygens (including phenoxy) is 1. The van der Waals surface area contributed by atoms with Gasteiger partial charge in [-0.05, 0) is 53.8 Å². The van der Waals surface area contributed by atoms with Crippen molar-refractivity contribution in [3.63, 3.8) is 0 Å². The van der Waals surface area contributed by atoms with Crippen molar-refractivity contribution in [2.75, 3.05) is 4.90 Å². The SMILES string of the molecule is CCc1ccc(/C(O)=C2\C(=O)C(=O)N(c3ccc(CC)cc3)C2c2ccc(OC(C)=O)cc2)cc1. The number of hydrogen-bond acceptors (Lipinski definition) is 5. The maximum Gasteiger partial charge on any atom is 0.308 e. The zero-order valence-electron chi connectivity index (χ0n) is 19.9. The fourth-order valence-electron chi connectivity index (χ4n) is 4.24. The summed E-state index contributed by atoms with van der Waals surface area (Å²) in [6.45, 7) is 5.38. The number of aliphatic hydroxyl groups excluding tert-OH is 1. The fraction of sp³-hybridized carbons (Fsp3) is 0.207. The van der Waals surface area contributed by atoms with Crippen molar-refractivity contribution in [2.24, 2.45) is 0 Å². The maximum atomic E-state index is 13.3. The molecule has 6 heteroatoms. The van der Waals surface area contributed by atoms with Gasteiger partial charge in [0.25, 0.3) is 11.7 Å². The van der Waals surface area contributed by atoms with E-state index in [9.17, 15) is 19.5 Å². The Morgan fingerprint density at radius 3 is 1.91 bits per heavy atom. The zero-order valence-corrected chi connectivity index (χ0v) is 19.9. The van der Waals surface area contributed by atoms with Gasteiger partial charge in [0.2, 0.25) is 0 Å². The number of hydrogen-bond donors (Lipinski definition) is 1. The number of carbonyl (C=O) groups is 3. The number of nitrogens with zero attached hydrogens (tertiary/aromatic N) is 1. The van der Waals surface area contributed by atoms with Crippen molar-refractivity contribution in [1.29, 1.82) is 0 Å². The number of esters is 1. The number of ketones is 1. The van der Waals surface area contributed by atoms with E-state index in [1.807, 2.05) is 38.1 Å². The minimum Gasteiger partial charge on any atom is -0.507 e. The highest BCUT2D eigenvalue weighted by Crippen LogP contribution is 2.42. The van der Waals surface area contributed by atoms with E-state index in [0.717, 1.165) is 24.0 Å². The third-order valence-corrected chi connectivity index (χ3v) is 6.16. The molecule has 0 aliphatic carbocycles. The Balaban J connectivity index is 1.86. The normalized spacial score (nSPS) is 17.0. The van der Waals surface area contributed by atoms with E-state index in [1.165, 1.54) is 11.8 Å². The summed E-state index contributed by atoms with van der Waals surface area (Å²) in [5.41, 5.74) is 3.83. The van der Waals surface area contributed by atoms with Crippen molar-refractivity contribution >= 4 is 29.1 Å². The molecule has 0 radical (unpaired) electrons. The first-order valence-electron chi connectivity index (χ1n) is 11.6.